The molecule has 11 heteroatoms. The van der Waals surface area contributed by atoms with E-state index < -0.39 is 16.1 Å². The highest BCUT2D eigenvalue weighted by Gasteiger charge is 2.40. The molecule has 148 valence electrons. The number of nitrogens with one attached hydrogen (secondary N) is 2. The third-order valence-electron chi connectivity index (χ3n) is 4.37. The van der Waals surface area contributed by atoms with Gasteiger partial charge in [0.05, 0.1) is 17.3 Å². The van der Waals surface area contributed by atoms with Gasteiger partial charge in [0.25, 0.3) is 5.91 Å². The Morgan fingerprint density at radius 3 is 3.00 bits per heavy atom. The van der Waals surface area contributed by atoms with Gasteiger partial charge in [0, 0.05) is 26.3 Å². The molecule has 2 aliphatic heterocycles. The minimum absolute atomic E-state index is 0.0509. The number of rotatable bonds is 6. The topological polar surface area (TPSA) is 114 Å². The lowest BCUT2D eigenvalue weighted by molar-refractivity contribution is -0.124. The molecule has 0 saturated carbocycles. The molecule has 2 N–H and O–H groups in total. The maximum atomic E-state index is 13.1. The molecule has 1 saturated heterocycles. The van der Waals surface area contributed by atoms with Crippen LogP contribution in [0.25, 0.3) is 0 Å². The Labute approximate surface area is 162 Å². The van der Waals surface area contributed by atoms with Gasteiger partial charge in [0.1, 0.15) is 16.7 Å². The van der Waals surface area contributed by atoms with Crippen LogP contribution in [0.15, 0.2) is 17.0 Å². The predicted molar refractivity (Wildman–Crippen MR) is 97.4 cm³/mol. The van der Waals surface area contributed by atoms with Crippen LogP contribution in [0.5, 0.6) is 5.75 Å². The van der Waals surface area contributed by atoms with Crippen LogP contribution in [0.3, 0.4) is 0 Å². The molecular weight excluding hydrogens is 398 g/mol. The molecule has 0 aliphatic carbocycles. The van der Waals surface area contributed by atoms with E-state index in [1.165, 1.54) is 19.2 Å². The first-order chi connectivity index (χ1) is 12.8. The van der Waals surface area contributed by atoms with Crippen LogP contribution in [-0.2, 0) is 24.3 Å². The maximum absolute atomic E-state index is 13.1. The Hall–Kier alpha value is -1.88. The number of carbonyl (C=O) groups excluding carboxylic acids is 2. The van der Waals surface area contributed by atoms with Crippen molar-refractivity contribution in [1.82, 2.24) is 9.62 Å². The summed E-state index contributed by atoms with van der Waals surface area (Å²) in [5.41, 5.74) is 0.311. The van der Waals surface area contributed by atoms with Crippen molar-refractivity contribution in [2.45, 2.75) is 23.8 Å². The van der Waals surface area contributed by atoms with Gasteiger partial charge in [-0.1, -0.05) is 11.6 Å². The number of benzene rings is 1. The molecule has 3 rings (SSSR count). The van der Waals surface area contributed by atoms with E-state index in [1.807, 2.05) is 0 Å². The molecule has 0 radical (unpaired) electrons. The lowest BCUT2D eigenvalue weighted by Gasteiger charge is -2.25. The number of methoxy groups -OCH3 is 1. The number of nitrogens with zero attached hydrogens (tertiary/aromatic N) is 1. The fourth-order valence-electron chi connectivity index (χ4n) is 3.09. The first kappa shape index (κ1) is 19.9. The summed E-state index contributed by atoms with van der Waals surface area (Å²) in [5.74, 6) is -0.495. The van der Waals surface area contributed by atoms with Crippen LogP contribution in [0.1, 0.15) is 12.8 Å². The van der Waals surface area contributed by atoms with E-state index in [0.717, 1.165) is 4.31 Å². The molecule has 9 nitrogen and oxygen atoms in total. The molecule has 2 aliphatic rings. The Bertz CT molecular complexity index is 860. The summed E-state index contributed by atoms with van der Waals surface area (Å²) >= 11 is 6.17. The van der Waals surface area contributed by atoms with Gasteiger partial charge >= 0.3 is 0 Å². The second-order valence-corrected chi connectivity index (χ2v) is 8.44. The number of sulfonamides is 1. The molecule has 1 unspecified atom stereocenters. The van der Waals surface area contributed by atoms with Crippen molar-refractivity contribution < 1.29 is 27.5 Å². The summed E-state index contributed by atoms with van der Waals surface area (Å²) in [6.07, 6.45) is 0.990. The molecule has 1 aromatic rings. The number of carbonyl (C=O) groups is 2. The van der Waals surface area contributed by atoms with Gasteiger partial charge in [-0.15, -0.1) is 0 Å². The molecule has 0 aromatic heterocycles. The average molecular weight is 418 g/mol. The fourth-order valence-corrected chi connectivity index (χ4v) is 5.27. The van der Waals surface area contributed by atoms with Gasteiger partial charge in [0.2, 0.25) is 15.9 Å². The van der Waals surface area contributed by atoms with E-state index in [0.29, 0.717) is 31.7 Å². The molecular formula is C16H20ClN3O6S. The number of hydrogen-bond acceptors (Lipinski definition) is 6. The molecule has 1 aromatic carbocycles. The average Bonchev–Trinajstić information content (AvgIpc) is 3.11. The number of hydrogen-bond donors (Lipinski definition) is 2. The summed E-state index contributed by atoms with van der Waals surface area (Å²) in [5, 5.41) is 5.19. The normalized spacial score (nSPS) is 19.9. The second kappa shape index (κ2) is 8.01. The van der Waals surface area contributed by atoms with E-state index >= 15 is 0 Å². The van der Waals surface area contributed by atoms with Crippen molar-refractivity contribution in [3.05, 3.63) is 17.2 Å². The van der Waals surface area contributed by atoms with E-state index in [4.69, 9.17) is 21.1 Å². The Balaban J connectivity index is 1.87. The van der Waals surface area contributed by atoms with Crippen molar-refractivity contribution in [3.8, 4) is 5.75 Å². The first-order valence-electron chi connectivity index (χ1n) is 8.39. The maximum Gasteiger partial charge on any atom is 0.262 e. The summed E-state index contributed by atoms with van der Waals surface area (Å²) < 4.78 is 37.6. The zero-order valence-corrected chi connectivity index (χ0v) is 16.2. The number of anilines is 1. The van der Waals surface area contributed by atoms with Crippen LogP contribution in [0.4, 0.5) is 5.69 Å². The second-order valence-electron chi connectivity index (χ2n) is 6.17. The van der Waals surface area contributed by atoms with E-state index in [1.54, 1.807) is 0 Å². The number of ether oxygens (including phenoxy) is 2. The summed E-state index contributed by atoms with van der Waals surface area (Å²) in [7, 11) is -2.51. The van der Waals surface area contributed by atoms with E-state index in [-0.39, 0.29) is 40.6 Å². The van der Waals surface area contributed by atoms with Crippen molar-refractivity contribution in [2.24, 2.45) is 0 Å². The van der Waals surface area contributed by atoms with Gasteiger partial charge < -0.3 is 20.1 Å². The SMILES string of the molecule is COCCNC(=O)C1CCCN1S(=O)(=O)c1cc2c(cc1Cl)NC(=O)CO2. The summed E-state index contributed by atoms with van der Waals surface area (Å²) in [6, 6.07) is 1.81. The molecule has 0 spiro atoms. The largest absolute Gasteiger partial charge is 0.482 e. The van der Waals surface area contributed by atoms with Crippen molar-refractivity contribution in [1.29, 1.82) is 0 Å². The minimum atomic E-state index is -4.02. The zero-order chi connectivity index (χ0) is 19.6. The lowest BCUT2D eigenvalue weighted by Crippen LogP contribution is -2.46. The van der Waals surface area contributed by atoms with Crippen LogP contribution >= 0.6 is 11.6 Å². The van der Waals surface area contributed by atoms with Crippen molar-refractivity contribution in [2.75, 3.05) is 38.7 Å². The van der Waals surface area contributed by atoms with E-state index in [9.17, 15) is 18.0 Å². The van der Waals surface area contributed by atoms with Crippen LogP contribution in [-0.4, -0.2) is 64.0 Å². The quantitative estimate of drug-likeness (QED) is 0.655. The Kier molecular flexibility index (Phi) is 5.89. The predicted octanol–water partition coefficient (Wildman–Crippen LogP) is 0.587. The van der Waals surface area contributed by atoms with Gasteiger partial charge in [-0.2, -0.15) is 4.31 Å². The third kappa shape index (κ3) is 4.03. The fraction of sp³-hybridized carbons (Fsp3) is 0.500. The highest BCUT2D eigenvalue weighted by molar-refractivity contribution is 7.89. The van der Waals surface area contributed by atoms with Crippen LogP contribution in [0, 0.1) is 0 Å². The summed E-state index contributed by atoms with van der Waals surface area (Å²) in [6.45, 7) is 0.649. The monoisotopic (exact) mass is 417 g/mol. The lowest BCUT2D eigenvalue weighted by atomic mass is 10.2. The van der Waals surface area contributed by atoms with Gasteiger partial charge in [0.15, 0.2) is 6.61 Å². The van der Waals surface area contributed by atoms with Crippen LogP contribution < -0.4 is 15.4 Å². The highest BCUT2D eigenvalue weighted by atomic mass is 35.5. The van der Waals surface area contributed by atoms with Crippen molar-refractivity contribution >= 4 is 39.1 Å². The number of amides is 2. The first-order valence-corrected chi connectivity index (χ1v) is 10.2. The van der Waals surface area contributed by atoms with Crippen LogP contribution in [0.2, 0.25) is 5.02 Å². The Morgan fingerprint density at radius 1 is 1.48 bits per heavy atom. The standard InChI is InChI=1S/C16H20ClN3O6S/c1-25-6-4-18-16(22)12-3-2-5-20(12)27(23,24)14-8-13-11(7-10(14)17)19-15(21)9-26-13/h7-8,12H,2-6,9H2,1H3,(H,18,22)(H,19,21). The van der Waals surface area contributed by atoms with Gasteiger partial charge in [-0.05, 0) is 18.9 Å². The van der Waals surface area contributed by atoms with Crippen molar-refractivity contribution in [3.63, 3.8) is 0 Å². The number of halogens is 1. The Morgan fingerprint density at radius 2 is 2.26 bits per heavy atom. The highest BCUT2D eigenvalue weighted by Crippen LogP contribution is 2.38. The minimum Gasteiger partial charge on any atom is -0.482 e. The summed E-state index contributed by atoms with van der Waals surface area (Å²) in [4.78, 5) is 23.6. The molecule has 1 atom stereocenters. The molecule has 2 heterocycles. The molecule has 2 amide bonds. The third-order valence-corrected chi connectivity index (χ3v) is 6.74. The van der Waals surface area contributed by atoms with E-state index in [2.05, 4.69) is 10.6 Å². The van der Waals surface area contributed by atoms with Gasteiger partial charge in [-0.25, -0.2) is 8.42 Å². The number of fused-ring (bicyclic) bond motifs is 1. The zero-order valence-electron chi connectivity index (χ0n) is 14.7. The smallest absolute Gasteiger partial charge is 0.262 e. The molecule has 1 fully saturated rings. The molecule has 0 bridgehead atoms. The molecule has 27 heavy (non-hydrogen) atoms. The van der Waals surface area contributed by atoms with Gasteiger partial charge in [-0.3, -0.25) is 9.59 Å².